The fourth-order valence-electron chi connectivity index (χ4n) is 1.60. The quantitative estimate of drug-likeness (QED) is 0.629. The molecule has 2 rings (SSSR count). The molecular weight excluding hydrogens is 392 g/mol. The molecule has 0 saturated heterocycles. The summed E-state index contributed by atoms with van der Waals surface area (Å²) in [6.07, 6.45) is 1.22. The predicted molar refractivity (Wildman–Crippen MR) is 83.2 cm³/mol. The van der Waals surface area contributed by atoms with Gasteiger partial charge >= 0.3 is 5.97 Å². The minimum atomic E-state index is -0.601. The highest BCUT2D eigenvalue weighted by atomic mass is 127. The van der Waals surface area contributed by atoms with Crippen LogP contribution >= 0.6 is 22.6 Å². The number of benzene rings is 1. The fourth-order valence-corrected chi connectivity index (χ4v) is 2.05. The molecule has 1 aromatic carbocycles. The van der Waals surface area contributed by atoms with Crippen molar-refractivity contribution in [3.63, 3.8) is 0 Å². The molecule has 21 heavy (non-hydrogen) atoms. The van der Waals surface area contributed by atoms with Crippen LogP contribution in [-0.2, 0) is 11.8 Å². The van der Waals surface area contributed by atoms with Crippen LogP contribution in [0.1, 0.15) is 6.92 Å². The summed E-state index contributed by atoms with van der Waals surface area (Å²) in [5, 5.41) is 6.42. The van der Waals surface area contributed by atoms with Crippen LogP contribution in [0.25, 0.3) is 0 Å². The first-order valence-corrected chi connectivity index (χ1v) is 6.93. The highest BCUT2D eigenvalue weighted by Crippen LogP contribution is 2.25. The molecule has 0 unspecified atom stereocenters. The molecule has 8 heteroatoms. The van der Waals surface area contributed by atoms with Crippen molar-refractivity contribution < 1.29 is 13.9 Å². The number of hydrogen-bond acceptors (Lipinski definition) is 5. The highest BCUT2D eigenvalue weighted by Gasteiger charge is 2.15. The van der Waals surface area contributed by atoms with E-state index in [0.29, 0.717) is 0 Å². The zero-order valence-electron chi connectivity index (χ0n) is 11.2. The van der Waals surface area contributed by atoms with E-state index in [0.717, 1.165) is 8.25 Å². The third-order valence-corrected chi connectivity index (χ3v) is 3.22. The number of aromatic nitrogens is 2. The topological polar surface area (TPSA) is 73.2 Å². The SMILES string of the molecule is CC(=O)Oc1cnn(C)c(=O)c1Nc1ccc(I)cc1F. The molecule has 110 valence electrons. The molecule has 0 aliphatic heterocycles. The van der Waals surface area contributed by atoms with E-state index < -0.39 is 17.3 Å². The molecule has 0 aliphatic rings. The van der Waals surface area contributed by atoms with E-state index in [1.165, 1.54) is 32.3 Å². The Labute approximate surface area is 133 Å². The Hall–Kier alpha value is -1.97. The summed E-state index contributed by atoms with van der Waals surface area (Å²) in [7, 11) is 1.44. The normalized spacial score (nSPS) is 10.3. The van der Waals surface area contributed by atoms with Crippen molar-refractivity contribution in [1.29, 1.82) is 0 Å². The maximum Gasteiger partial charge on any atom is 0.308 e. The monoisotopic (exact) mass is 403 g/mol. The molecule has 0 saturated carbocycles. The van der Waals surface area contributed by atoms with Gasteiger partial charge in [0.2, 0.25) is 0 Å². The average molecular weight is 403 g/mol. The van der Waals surface area contributed by atoms with E-state index in [1.807, 2.05) is 22.6 Å². The van der Waals surface area contributed by atoms with Crippen LogP contribution in [0, 0.1) is 9.39 Å². The van der Waals surface area contributed by atoms with Crippen LogP contribution in [0.4, 0.5) is 15.8 Å². The van der Waals surface area contributed by atoms with Crippen molar-refractivity contribution in [2.24, 2.45) is 7.05 Å². The third-order valence-electron chi connectivity index (χ3n) is 2.55. The van der Waals surface area contributed by atoms with Crippen LogP contribution in [0.5, 0.6) is 5.75 Å². The Balaban J connectivity index is 2.49. The molecule has 6 nitrogen and oxygen atoms in total. The zero-order chi connectivity index (χ0) is 15.6. The number of ether oxygens (including phenoxy) is 1. The average Bonchev–Trinajstić information content (AvgIpc) is 2.40. The van der Waals surface area contributed by atoms with Crippen LogP contribution in [0.2, 0.25) is 0 Å². The standard InChI is InChI=1S/C13H11FIN3O3/c1-7(19)21-11-6-16-18(2)13(20)12(11)17-10-4-3-8(15)5-9(10)14/h3-6,17H,1-2H3. The molecule has 0 fully saturated rings. The minimum absolute atomic E-state index is 0.0523. The summed E-state index contributed by atoms with van der Waals surface area (Å²) >= 11 is 1.97. The maximum absolute atomic E-state index is 13.9. The lowest BCUT2D eigenvalue weighted by Gasteiger charge is -2.12. The summed E-state index contributed by atoms with van der Waals surface area (Å²) in [6, 6.07) is 4.50. The number of nitrogens with zero attached hydrogens (tertiary/aromatic N) is 2. The van der Waals surface area contributed by atoms with E-state index in [2.05, 4.69) is 10.4 Å². The van der Waals surface area contributed by atoms with Crippen LogP contribution in [0.3, 0.4) is 0 Å². The second-order valence-corrected chi connectivity index (χ2v) is 5.40. The second kappa shape index (κ2) is 6.20. The Bertz CT molecular complexity index is 761. The molecule has 0 amide bonds. The van der Waals surface area contributed by atoms with Crippen molar-refractivity contribution in [1.82, 2.24) is 9.78 Å². The lowest BCUT2D eigenvalue weighted by Crippen LogP contribution is -2.23. The van der Waals surface area contributed by atoms with Gasteiger partial charge in [0, 0.05) is 17.5 Å². The minimum Gasteiger partial charge on any atom is -0.423 e. The third kappa shape index (κ3) is 3.57. The van der Waals surface area contributed by atoms with Gasteiger partial charge < -0.3 is 10.1 Å². The zero-order valence-corrected chi connectivity index (χ0v) is 13.3. The smallest absolute Gasteiger partial charge is 0.308 e. The highest BCUT2D eigenvalue weighted by molar-refractivity contribution is 14.1. The Kier molecular flexibility index (Phi) is 4.56. The van der Waals surface area contributed by atoms with Crippen molar-refractivity contribution in [2.75, 3.05) is 5.32 Å². The number of carbonyl (C=O) groups is 1. The number of aryl methyl sites for hydroxylation is 1. The summed E-state index contributed by atoms with van der Waals surface area (Å²) in [4.78, 5) is 23.1. The van der Waals surface area contributed by atoms with Gasteiger partial charge in [0.15, 0.2) is 11.4 Å². The summed E-state index contributed by atoms with van der Waals surface area (Å²) in [6.45, 7) is 1.20. The van der Waals surface area contributed by atoms with Gasteiger partial charge in [-0.2, -0.15) is 5.10 Å². The second-order valence-electron chi connectivity index (χ2n) is 4.16. The summed E-state index contributed by atoms with van der Waals surface area (Å²) < 4.78 is 20.6. The van der Waals surface area contributed by atoms with E-state index in [9.17, 15) is 14.0 Å². The Morgan fingerprint density at radius 1 is 1.48 bits per heavy atom. The molecule has 0 spiro atoms. The largest absolute Gasteiger partial charge is 0.423 e. The Morgan fingerprint density at radius 2 is 2.19 bits per heavy atom. The van der Waals surface area contributed by atoms with Gasteiger partial charge in [0.25, 0.3) is 5.56 Å². The first kappa shape index (κ1) is 15.4. The van der Waals surface area contributed by atoms with Gasteiger partial charge in [-0.3, -0.25) is 9.59 Å². The maximum atomic E-state index is 13.9. The van der Waals surface area contributed by atoms with Gasteiger partial charge in [0.1, 0.15) is 5.82 Å². The fraction of sp³-hybridized carbons (Fsp3) is 0.154. The molecule has 0 radical (unpaired) electrons. The lowest BCUT2D eigenvalue weighted by molar-refractivity contribution is -0.131. The van der Waals surface area contributed by atoms with E-state index >= 15 is 0 Å². The van der Waals surface area contributed by atoms with E-state index in [-0.39, 0.29) is 17.1 Å². The Morgan fingerprint density at radius 3 is 2.81 bits per heavy atom. The number of halogens is 2. The van der Waals surface area contributed by atoms with Crippen LogP contribution in [-0.4, -0.2) is 15.7 Å². The van der Waals surface area contributed by atoms with Crippen LogP contribution < -0.4 is 15.6 Å². The summed E-state index contributed by atoms with van der Waals surface area (Å²) in [5.74, 6) is -1.17. The first-order valence-electron chi connectivity index (χ1n) is 5.85. The molecule has 0 bridgehead atoms. The predicted octanol–water partition coefficient (Wildman–Crippen LogP) is 2.19. The van der Waals surface area contributed by atoms with Crippen molar-refractivity contribution in [2.45, 2.75) is 6.92 Å². The number of hydrogen-bond donors (Lipinski definition) is 1. The van der Waals surface area contributed by atoms with Gasteiger partial charge in [-0.15, -0.1) is 0 Å². The number of rotatable bonds is 3. The number of nitrogens with one attached hydrogen (secondary N) is 1. The number of carbonyl (C=O) groups excluding carboxylic acids is 1. The van der Waals surface area contributed by atoms with Crippen molar-refractivity contribution in [3.05, 3.63) is 44.1 Å². The first-order chi connectivity index (χ1) is 9.88. The molecule has 1 N–H and O–H groups in total. The summed E-state index contributed by atoms with van der Waals surface area (Å²) in [5.41, 5.74) is -0.485. The van der Waals surface area contributed by atoms with E-state index in [4.69, 9.17) is 4.74 Å². The molecular formula is C13H11FIN3O3. The van der Waals surface area contributed by atoms with Gasteiger partial charge in [-0.05, 0) is 40.8 Å². The molecule has 1 aromatic heterocycles. The van der Waals surface area contributed by atoms with Crippen molar-refractivity contribution in [3.8, 4) is 5.75 Å². The molecule has 0 atom stereocenters. The van der Waals surface area contributed by atoms with Gasteiger partial charge in [-0.1, -0.05) is 0 Å². The van der Waals surface area contributed by atoms with Crippen molar-refractivity contribution >= 4 is 39.9 Å². The number of anilines is 2. The van der Waals surface area contributed by atoms with Crippen LogP contribution in [0.15, 0.2) is 29.2 Å². The lowest BCUT2D eigenvalue weighted by atomic mass is 10.3. The molecule has 2 aromatic rings. The van der Waals surface area contributed by atoms with Gasteiger partial charge in [-0.25, -0.2) is 9.07 Å². The van der Waals surface area contributed by atoms with E-state index in [1.54, 1.807) is 6.07 Å². The molecule has 0 aliphatic carbocycles. The molecule has 1 heterocycles. The number of esters is 1. The van der Waals surface area contributed by atoms with Gasteiger partial charge in [0.05, 0.1) is 11.9 Å².